The van der Waals surface area contributed by atoms with Gasteiger partial charge in [0.1, 0.15) is 23.8 Å². The van der Waals surface area contributed by atoms with Gasteiger partial charge in [-0.3, -0.25) is 4.79 Å². The van der Waals surface area contributed by atoms with Gasteiger partial charge in [-0.2, -0.15) is 4.98 Å². The van der Waals surface area contributed by atoms with Gasteiger partial charge in [-0.05, 0) is 17.7 Å². The van der Waals surface area contributed by atoms with E-state index >= 15 is 0 Å². The third-order valence-electron chi connectivity index (χ3n) is 4.21. The van der Waals surface area contributed by atoms with E-state index in [2.05, 4.69) is 9.97 Å². The summed E-state index contributed by atoms with van der Waals surface area (Å²) in [6.45, 7) is 1.10. The smallest absolute Gasteiger partial charge is 0.261 e. The summed E-state index contributed by atoms with van der Waals surface area (Å²) in [7, 11) is 0. The number of nitrogens with zero attached hydrogens (tertiary/aromatic N) is 3. The molecule has 7 heteroatoms. The van der Waals surface area contributed by atoms with Crippen LogP contribution in [0.2, 0.25) is 0 Å². The van der Waals surface area contributed by atoms with Gasteiger partial charge in [0.2, 0.25) is 5.88 Å². The first kappa shape index (κ1) is 17.1. The maximum atomic E-state index is 13.5. The lowest BCUT2D eigenvalue weighted by molar-refractivity contribution is 0.0742. The Kier molecular flexibility index (Phi) is 4.50. The molecule has 0 saturated carbocycles. The van der Waals surface area contributed by atoms with Crippen LogP contribution in [0.5, 0.6) is 5.88 Å². The Bertz CT molecular complexity index is 976. The monoisotopic (exact) mass is 367 g/mol. The van der Waals surface area contributed by atoms with Crippen LogP contribution >= 0.6 is 0 Å². The fraction of sp³-hybridized carbons (Fsp3) is 0.150. The summed E-state index contributed by atoms with van der Waals surface area (Å²) in [5.74, 6) is -1.49. The lowest BCUT2D eigenvalue weighted by atomic mass is 10.2. The molecule has 136 valence electrons. The van der Waals surface area contributed by atoms with Crippen molar-refractivity contribution in [3.8, 4) is 17.3 Å². The summed E-state index contributed by atoms with van der Waals surface area (Å²) in [6, 6.07) is 12.7. The molecule has 27 heavy (non-hydrogen) atoms. The lowest BCUT2D eigenvalue weighted by Crippen LogP contribution is -2.31. The van der Waals surface area contributed by atoms with Crippen LogP contribution in [0.1, 0.15) is 15.9 Å². The van der Waals surface area contributed by atoms with Crippen LogP contribution < -0.4 is 4.74 Å². The Morgan fingerprint density at radius 2 is 1.81 bits per heavy atom. The van der Waals surface area contributed by atoms with Crippen molar-refractivity contribution in [1.82, 2.24) is 14.9 Å². The highest BCUT2D eigenvalue weighted by Crippen LogP contribution is 2.25. The Labute approximate surface area is 154 Å². The number of rotatable bonds is 3. The van der Waals surface area contributed by atoms with Gasteiger partial charge in [0.15, 0.2) is 5.82 Å². The van der Waals surface area contributed by atoms with Crippen LogP contribution in [0.25, 0.3) is 11.4 Å². The highest BCUT2D eigenvalue weighted by Gasteiger charge is 2.26. The normalized spacial score (nSPS) is 13.7. The molecule has 0 atom stereocenters. The van der Waals surface area contributed by atoms with Gasteiger partial charge in [-0.15, -0.1) is 0 Å². The van der Waals surface area contributed by atoms with Crippen molar-refractivity contribution in [2.75, 3.05) is 13.2 Å². The van der Waals surface area contributed by atoms with E-state index in [1.807, 2.05) is 30.3 Å². The molecule has 0 N–H and O–H groups in total. The van der Waals surface area contributed by atoms with Gasteiger partial charge in [-0.25, -0.2) is 13.8 Å². The molecule has 0 bridgehead atoms. The summed E-state index contributed by atoms with van der Waals surface area (Å²) >= 11 is 0. The number of hydrogen-bond donors (Lipinski definition) is 0. The predicted molar refractivity (Wildman–Crippen MR) is 94.1 cm³/mol. The molecule has 0 radical (unpaired) electrons. The summed E-state index contributed by atoms with van der Waals surface area (Å²) in [5.41, 5.74) is 1.41. The van der Waals surface area contributed by atoms with Crippen molar-refractivity contribution in [3.05, 3.63) is 77.5 Å². The molecule has 2 heterocycles. The van der Waals surface area contributed by atoms with E-state index in [0.29, 0.717) is 13.1 Å². The van der Waals surface area contributed by atoms with Gasteiger partial charge in [0.25, 0.3) is 5.91 Å². The Morgan fingerprint density at radius 1 is 1.07 bits per heavy atom. The number of carbonyl (C=O) groups excluding carboxylic acids is 1. The number of fused-ring (bicyclic) bond motifs is 1. The van der Waals surface area contributed by atoms with E-state index < -0.39 is 11.6 Å². The molecule has 4 rings (SSSR count). The van der Waals surface area contributed by atoms with E-state index in [0.717, 1.165) is 23.8 Å². The van der Waals surface area contributed by atoms with Crippen molar-refractivity contribution in [1.29, 1.82) is 0 Å². The molecule has 1 aliphatic rings. The second-order valence-electron chi connectivity index (χ2n) is 6.13. The van der Waals surface area contributed by atoms with Gasteiger partial charge >= 0.3 is 0 Å². The topological polar surface area (TPSA) is 55.3 Å². The zero-order valence-electron chi connectivity index (χ0n) is 14.2. The number of aromatic nitrogens is 2. The quantitative estimate of drug-likeness (QED) is 0.711. The molecule has 0 unspecified atom stereocenters. The molecule has 0 saturated heterocycles. The van der Waals surface area contributed by atoms with Crippen LogP contribution in [0.15, 0.2) is 54.7 Å². The summed E-state index contributed by atoms with van der Waals surface area (Å²) in [5, 5.41) is 0. The maximum Gasteiger partial charge on any atom is 0.261 e. The van der Waals surface area contributed by atoms with Crippen molar-refractivity contribution in [2.45, 2.75) is 6.54 Å². The maximum absolute atomic E-state index is 13.5. The largest absolute Gasteiger partial charge is 0.475 e. The van der Waals surface area contributed by atoms with Crippen molar-refractivity contribution in [3.63, 3.8) is 0 Å². The minimum absolute atomic E-state index is 0.0939. The summed E-state index contributed by atoms with van der Waals surface area (Å²) in [4.78, 5) is 22.8. The van der Waals surface area contributed by atoms with Gasteiger partial charge < -0.3 is 9.64 Å². The van der Waals surface area contributed by atoms with E-state index in [4.69, 9.17) is 4.74 Å². The van der Waals surface area contributed by atoms with Crippen LogP contribution in [0.3, 0.4) is 0 Å². The molecule has 0 aliphatic carbocycles. The third kappa shape index (κ3) is 3.62. The molecular formula is C20H15F2N3O2. The predicted octanol–water partition coefficient (Wildman–Crippen LogP) is 3.46. The van der Waals surface area contributed by atoms with E-state index in [1.165, 1.54) is 6.20 Å². The fourth-order valence-corrected chi connectivity index (χ4v) is 2.92. The standard InChI is InChI=1S/C20H15F2N3O2/c21-15-8-14(9-16(22)10-15)18-23-11-17-19(24-18)27-7-6-25(20(17)26)12-13-4-2-1-3-5-13/h1-5,8-11H,6-7,12H2. The SMILES string of the molecule is O=C1c2cnc(-c3cc(F)cc(F)c3)nc2OCCN1Cc1ccccc1. The van der Waals surface area contributed by atoms with E-state index in [-0.39, 0.29) is 35.3 Å². The zero-order chi connectivity index (χ0) is 18.8. The van der Waals surface area contributed by atoms with Crippen molar-refractivity contribution in [2.24, 2.45) is 0 Å². The Balaban J connectivity index is 1.64. The highest BCUT2D eigenvalue weighted by molar-refractivity contribution is 5.96. The van der Waals surface area contributed by atoms with Gasteiger partial charge in [-0.1, -0.05) is 30.3 Å². The van der Waals surface area contributed by atoms with Crippen LogP contribution in [-0.2, 0) is 6.54 Å². The minimum atomic E-state index is -0.727. The third-order valence-corrected chi connectivity index (χ3v) is 4.21. The number of amides is 1. The molecular weight excluding hydrogens is 352 g/mol. The molecule has 1 aromatic heterocycles. The first-order valence-corrected chi connectivity index (χ1v) is 8.39. The van der Waals surface area contributed by atoms with Crippen LogP contribution in [-0.4, -0.2) is 33.9 Å². The fourth-order valence-electron chi connectivity index (χ4n) is 2.92. The second-order valence-corrected chi connectivity index (χ2v) is 6.13. The van der Waals surface area contributed by atoms with Crippen molar-refractivity contribution < 1.29 is 18.3 Å². The molecule has 0 fully saturated rings. The highest BCUT2D eigenvalue weighted by atomic mass is 19.1. The minimum Gasteiger partial charge on any atom is -0.475 e. The van der Waals surface area contributed by atoms with E-state index in [9.17, 15) is 13.6 Å². The lowest BCUT2D eigenvalue weighted by Gasteiger charge is -2.19. The second kappa shape index (κ2) is 7.11. The summed E-state index contributed by atoms with van der Waals surface area (Å²) in [6.07, 6.45) is 1.34. The zero-order valence-corrected chi connectivity index (χ0v) is 14.2. The molecule has 1 amide bonds. The number of carbonyl (C=O) groups is 1. The molecule has 5 nitrogen and oxygen atoms in total. The van der Waals surface area contributed by atoms with Gasteiger partial charge in [0, 0.05) is 24.4 Å². The van der Waals surface area contributed by atoms with Crippen LogP contribution in [0, 0.1) is 11.6 Å². The van der Waals surface area contributed by atoms with Gasteiger partial charge in [0.05, 0.1) is 6.54 Å². The number of halogens is 2. The number of benzene rings is 2. The molecule has 1 aliphatic heterocycles. The number of ether oxygens (including phenoxy) is 1. The van der Waals surface area contributed by atoms with Crippen molar-refractivity contribution >= 4 is 5.91 Å². The average molecular weight is 367 g/mol. The summed E-state index contributed by atoms with van der Waals surface area (Å²) < 4.78 is 32.5. The Hall–Kier alpha value is -3.35. The van der Waals surface area contributed by atoms with E-state index in [1.54, 1.807) is 4.90 Å². The molecule has 2 aromatic carbocycles. The molecule has 3 aromatic rings. The molecule has 0 spiro atoms. The first-order valence-electron chi connectivity index (χ1n) is 8.39. The number of hydrogen-bond acceptors (Lipinski definition) is 4. The first-order chi connectivity index (χ1) is 13.1. The average Bonchev–Trinajstić information content (AvgIpc) is 2.81. The Morgan fingerprint density at radius 3 is 2.56 bits per heavy atom. The van der Waals surface area contributed by atoms with Crippen LogP contribution in [0.4, 0.5) is 8.78 Å².